The zero-order chi connectivity index (χ0) is 19.3. The topological polar surface area (TPSA) is 4.93 Å². The first-order chi connectivity index (χ1) is 13.8. The first-order valence-corrected chi connectivity index (χ1v) is 10.1. The van der Waals surface area contributed by atoms with E-state index in [1.54, 1.807) is 0 Å². The number of fused-ring (bicyclic) bond motifs is 3. The highest BCUT2D eigenvalue weighted by Crippen LogP contribution is 2.29. The molecule has 0 saturated carbocycles. The Morgan fingerprint density at radius 2 is 1.18 bits per heavy atom. The number of benzene rings is 3. The predicted octanol–water partition coefficient (Wildman–Crippen LogP) is 6.88. The van der Waals surface area contributed by atoms with Crippen LogP contribution in [0.25, 0.3) is 21.8 Å². The third kappa shape index (κ3) is 3.66. The van der Waals surface area contributed by atoms with E-state index in [-0.39, 0.29) is 0 Å². The van der Waals surface area contributed by atoms with Crippen molar-refractivity contribution >= 4 is 21.8 Å². The standard InChI is InChI=1S/C27H27N/c1-3-10-21-18-22(11-4-2)20-23(19-21)12-9-17-28-26-15-7-5-13-24(26)25-14-6-8-16-27(25)28/h3-8,13-16,18-20H,1-2,9-12,17H2. The van der Waals surface area contributed by atoms with Gasteiger partial charge in [0.05, 0.1) is 0 Å². The van der Waals surface area contributed by atoms with Gasteiger partial charge in [-0.15, -0.1) is 13.2 Å². The fourth-order valence-electron chi connectivity index (χ4n) is 4.24. The number of hydrogen-bond donors (Lipinski definition) is 0. The summed E-state index contributed by atoms with van der Waals surface area (Å²) in [6.45, 7) is 8.81. The molecule has 0 atom stereocenters. The highest BCUT2D eigenvalue weighted by molar-refractivity contribution is 6.07. The molecule has 0 aliphatic heterocycles. The molecule has 0 aliphatic carbocycles. The van der Waals surface area contributed by atoms with Crippen LogP contribution >= 0.6 is 0 Å². The van der Waals surface area contributed by atoms with Gasteiger partial charge in [-0.3, -0.25) is 0 Å². The minimum absolute atomic E-state index is 0.921. The van der Waals surface area contributed by atoms with Gasteiger partial charge in [0, 0.05) is 28.4 Å². The van der Waals surface area contributed by atoms with Gasteiger partial charge < -0.3 is 4.57 Å². The maximum Gasteiger partial charge on any atom is 0.0491 e. The summed E-state index contributed by atoms with van der Waals surface area (Å²) in [7, 11) is 0. The number of hydrogen-bond acceptors (Lipinski definition) is 0. The van der Waals surface area contributed by atoms with Crippen LogP contribution in [0.15, 0.2) is 92.0 Å². The van der Waals surface area contributed by atoms with Crippen molar-refractivity contribution in [3.63, 3.8) is 0 Å². The molecule has 0 amide bonds. The van der Waals surface area contributed by atoms with Crippen molar-refractivity contribution in [2.75, 3.05) is 0 Å². The van der Waals surface area contributed by atoms with Gasteiger partial charge in [-0.2, -0.15) is 0 Å². The Morgan fingerprint density at radius 3 is 1.71 bits per heavy atom. The lowest BCUT2D eigenvalue weighted by Crippen LogP contribution is -2.00. The number of nitrogens with zero attached hydrogens (tertiary/aromatic N) is 1. The minimum Gasteiger partial charge on any atom is -0.340 e. The molecule has 0 spiro atoms. The van der Waals surface area contributed by atoms with E-state index in [9.17, 15) is 0 Å². The SMILES string of the molecule is C=CCc1cc(CC=C)cc(CCCn2c3ccccc3c3ccccc32)c1. The number of allylic oxidation sites excluding steroid dienone is 2. The Morgan fingerprint density at radius 1 is 0.679 bits per heavy atom. The second-order valence-electron chi connectivity index (χ2n) is 7.43. The van der Waals surface area contributed by atoms with Crippen LogP contribution in [-0.2, 0) is 25.8 Å². The van der Waals surface area contributed by atoms with E-state index >= 15 is 0 Å². The molecule has 4 rings (SSSR count). The Kier molecular flexibility index (Phi) is 5.43. The van der Waals surface area contributed by atoms with E-state index in [4.69, 9.17) is 0 Å². The minimum atomic E-state index is 0.921. The number of aromatic nitrogens is 1. The molecule has 0 radical (unpaired) electrons. The van der Waals surface area contributed by atoms with Crippen molar-refractivity contribution in [3.8, 4) is 0 Å². The fraction of sp³-hybridized carbons (Fsp3) is 0.185. The molecule has 0 N–H and O–H groups in total. The summed E-state index contributed by atoms with van der Waals surface area (Å²) >= 11 is 0. The quantitative estimate of drug-likeness (QED) is 0.300. The van der Waals surface area contributed by atoms with Crippen molar-refractivity contribution in [2.45, 2.75) is 32.2 Å². The van der Waals surface area contributed by atoms with E-state index in [1.807, 2.05) is 12.2 Å². The lowest BCUT2D eigenvalue weighted by Gasteiger charge is -2.10. The van der Waals surface area contributed by atoms with E-state index in [1.165, 1.54) is 38.5 Å². The predicted molar refractivity (Wildman–Crippen MR) is 122 cm³/mol. The molecule has 1 heterocycles. The second kappa shape index (κ2) is 8.31. The Balaban J connectivity index is 1.58. The third-order valence-electron chi connectivity index (χ3n) is 5.40. The molecular weight excluding hydrogens is 338 g/mol. The van der Waals surface area contributed by atoms with E-state index in [0.717, 1.165) is 32.2 Å². The van der Waals surface area contributed by atoms with Crippen LogP contribution in [0.3, 0.4) is 0 Å². The van der Waals surface area contributed by atoms with Gasteiger partial charge in [0.1, 0.15) is 0 Å². The Bertz CT molecular complexity index is 1050. The van der Waals surface area contributed by atoms with Crippen LogP contribution in [0.4, 0.5) is 0 Å². The molecule has 4 aromatic rings. The number of aryl methyl sites for hydroxylation is 2. The van der Waals surface area contributed by atoms with Gasteiger partial charge >= 0.3 is 0 Å². The highest BCUT2D eigenvalue weighted by Gasteiger charge is 2.09. The average Bonchev–Trinajstić information content (AvgIpc) is 3.03. The Labute approximate surface area is 167 Å². The Hall–Kier alpha value is -3.06. The molecule has 1 heteroatoms. The molecule has 0 aliphatic rings. The number of para-hydroxylation sites is 2. The smallest absolute Gasteiger partial charge is 0.0491 e. The van der Waals surface area contributed by atoms with Gasteiger partial charge in [0.25, 0.3) is 0 Å². The molecule has 0 saturated heterocycles. The summed E-state index contributed by atoms with van der Waals surface area (Å²) < 4.78 is 2.48. The molecule has 0 fully saturated rings. The normalized spacial score (nSPS) is 11.1. The second-order valence-corrected chi connectivity index (χ2v) is 7.43. The van der Waals surface area contributed by atoms with Gasteiger partial charge in [-0.1, -0.05) is 66.7 Å². The van der Waals surface area contributed by atoms with Crippen LogP contribution in [-0.4, -0.2) is 4.57 Å². The monoisotopic (exact) mass is 365 g/mol. The van der Waals surface area contributed by atoms with Crippen molar-refractivity contribution < 1.29 is 0 Å². The van der Waals surface area contributed by atoms with Crippen LogP contribution in [0.2, 0.25) is 0 Å². The fourth-order valence-corrected chi connectivity index (χ4v) is 4.24. The molecule has 3 aromatic carbocycles. The molecule has 140 valence electrons. The number of rotatable bonds is 8. The summed E-state index contributed by atoms with van der Waals surface area (Å²) in [5.74, 6) is 0. The third-order valence-corrected chi connectivity index (χ3v) is 5.40. The van der Waals surface area contributed by atoms with Crippen LogP contribution in [0.5, 0.6) is 0 Å². The van der Waals surface area contributed by atoms with Gasteiger partial charge in [-0.25, -0.2) is 0 Å². The summed E-state index contributed by atoms with van der Waals surface area (Å²) in [6.07, 6.45) is 8.00. The maximum atomic E-state index is 3.89. The van der Waals surface area contributed by atoms with Crippen LogP contribution < -0.4 is 0 Å². The largest absolute Gasteiger partial charge is 0.340 e. The maximum absolute atomic E-state index is 3.89. The van der Waals surface area contributed by atoms with Gasteiger partial charge in [-0.05, 0) is 54.5 Å². The molecule has 0 unspecified atom stereocenters. The molecule has 1 nitrogen and oxygen atoms in total. The van der Waals surface area contributed by atoms with E-state index < -0.39 is 0 Å². The lowest BCUT2D eigenvalue weighted by molar-refractivity contribution is 0.677. The molecule has 28 heavy (non-hydrogen) atoms. The first kappa shape index (κ1) is 18.3. The highest BCUT2D eigenvalue weighted by atomic mass is 15.0. The average molecular weight is 366 g/mol. The van der Waals surface area contributed by atoms with Crippen molar-refractivity contribution in [1.29, 1.82) is 0 Å². The lowest BCUT2D eigenvalue weighted by atomic mass is 9.99. The summed E-state index contributed by atoms with van der Waals surface area (Å²) in [5.41, 5.74) is 6.77. The van der Waals surface area contributed by atoms with Crippen LogP contribution in [0.1, 0.15) is 23.1 Å². The molecule has 1 aromatic heterocycles. The summed E-state index contributed by atoms with van der Waals surface area (Å²) in [6, 6.07) is 24.4. The van der Waals surface area contributed by atoms with Crippen molar-refractivity contribution in [1.82, 2.24) is 4.57 Å². The summed E-state index contributed by atoms with van der Waals surface area (Å²) in [5, 5.41) is 2.69. The summed E-state index contributed by atoms with van der Waals surface area (Å²) in [4.78, 5) is 0. The molecular formula is C27H27N. The van der Waals surface area contributed by atoms with Gasteiger partial charge in [0.2, 0.25) is 0 Å². The molecule has 0 bridgehead atoms. The van der Waals surface area contributed by atoms with E-state index in [2.05, 4.69) is 84.5 Å². The first-order valence-electron chi connectivity index (χ1n) is 10.1. The zero-order valence-corrected chi connectivity index (χ0v) is 16.4. The zero-order valence-electron chi connectivity index (χ0n) is 16.4. The van der Waals surface area contributed by atoms with Gasteiger partial charge in [0.15, 0.2) is 0 Å². The van der Waals surface area contributed by atoms with Crippen molar-refractivity contribution in [2.24, 2.45) is 0 Å². The van der Waals surface area contributed by atoms with E-state index in [0.29, 0.717) is 0 Å². The van der Waals surface area contributed by atoms with Crippen molar-refractivity contribution in [3.05, 3.63) is 109 Å². The van der Waals surface area contributed by atoms with Crippen LogP contribution in [0, 0.1) is 0 Å².